The molecule has 1 fully saturated rings. The molecule has 17 heavy (non-hydrogen) atoms. The van der Waals surface area contributed by atoms with Gasteiger partial charge in [-0.05, 0) is 31.0 Å². The Bertz CT molecular complexity index is 470. The quantitative estimate of drug-likeness (QED) is 0.802. The third-order valence-electron chi connectivity index (χ3n) is 3.37. The summed E-state index contributed by atoms with van der Waals surface area (Å²) in [6, 6.07) is 6.43. The standard InChI is InChI=1S/C14H17NO2/c1-10-6-11(2)13(12(7-10)16-3)14(4-5-15)8-17-9-14/h6-7H,4,8-9H2,1-3H3. The van der Waals surface area contributed by atoms with Gasteiger partial charge in [0.15, 0.2) is 0 Å². The lowest BCUT2D eigenvalue weighted by atomic mass is 9.73. The number of rotatable bonds is 3. The van der Waals surface area contributed by atoms with Gasteiger partial charge < -0.3 is 9.47 Å². The summed E-state index contributed by atoms with van der Waals surface area (Å²) < 4.78 is 10.8. The van der Waals surface area contributed by atoms with Crippen LogP contribution in [0.4, 0.5) is 0 Å². The lowest BCUT2D eigenvalue weighted by Gasteiger charge is -2.41. The lowest BCUT2D eigenvalue weighted by Crippen LogP contribution is -2.47. The molecule has 0 amide bonds. The molecule has 0 aliphatic carbocycles. The van der Waals surface area contributed by atoms with Crippen molar-refractivity contribution < 1.29 is 9.47 Å². The molecule has 1 aromatic carbocycles. The SMILES string of the molecule is COc1cc(C)cc(C)c1C1(CC#N)COC1. The molecule has 3 nitrogen and oxygen atoms in total. The molecule has 3 heteroatoms. The number of ether oxygens (including phenoxy) is 2. The van der Waals surface area contributed by atoms with Crippen LogP contribution in [0, 0.1) is 25.2 Å². The fraction of sp³-hybridized carbons (Fsp3) is 0.500. The van der Waals surface area contributed by atoms with Crippen LogP contribution in [0.1, 0.15) is 23.1 Å². The van der Waals surface area contributed by atoms with Crippen molar-refractivity contribution in [3.05, 3.63) is 28.8 Å². The highest BCUT2D eigenvalue weighted by atomic mass is 16.5. The van der Waals surface area contributed by atoms with E-state index < -0.39 is 0 Å². The van der Waals surface area contributed by atoms with Gasteiger partial charge in [-0.15, -0.1) is 0 Å². The van der Waals surface area contributed by atoms with Crippen LogP contribution < -0.4 is 4.74 Å². The summed E-state index contributed by atoms with van der Waals surface area (Å²) in [5.74, 6) is 0.876. The zero-order valence-electron chi connectivity index (χ0n) is 10.5. The molecule has 0 unspecified atom stereocenters. The maximum atomic E-state index is 8.99. The van der Waals surface area contributed by atoms with Crippen LogP contribution in [0.25, 0.3) is 0 Å². The molecule has 0 radical (unpaired) electrons. The number of aryl methyl sites for hydroxylation is 2. The first-order valence-electron chi connectivity index (χ1n) is 5.73. The van der Waals surface area contributed by atoms with E-state index >= 15 is 0 Å². The fourth-order valence-corrected chi connectivity index (χ4v) is 2.60. The van der Waals surface area contributed by atoms with Crippen molar-refractivity contribution in [2.75, 3.05) is 20.3 Å². The van der Waals surface area contributed by atoms with Crippen molar-refractivity contribution in [2.45, 2.75) is 25.7 Å². The Labute approximate surface area is 102 Å². The van der Waals surface area contributed by atoms with Gasteiger partial charge in [0.1, 0.15) is 5.75 Å². The zero-order valence-corrected chi connectivity index (χ0v) is 10.5. The van der Waals surface area contributed by atoms with Gasteiger partial charge >= 0.3 is 0 Å². The Morgan fingerprint density at radius 1 is 1.41 bits per heavy atom. The van der Waals surface area contributed by atoms with E-state index in [0.29, 0.717) is 19.6 Å². The molecule has 0 aromatic heterocycles. The van der Waals surface area contributed by atoms with Gasteiger partial charge in [0.05, 0.1) is 31.8 Å². The van der Waals surface area contributed by atoms with Gasteiger partial charge in [-0.1, -0.05) is 6.07 Å². The molecule has 1 heterocycles. The predicted molar refractivity (Wildman–Crippen MR) is 65.2 cm³/mol. The summed E-state index contributed by atoms with van der Waals surface area (Å²) in [7, 11) is 1.68. The molecule has 2 rings (SSSR count). The van der Waals surface area contributed by atoms with Crippen molar-refractivity contribution >= 4 is 0 Å². The van der Waals surface area contributed by atoms with E-state index in [4.69, 9.17) is 14.7 Å². The topological polar surface area (TPSA) is 42.2 Å². The van der Waals surface area contributed by atoms with Crippen molar-refractivity contribution in [1.29, 1.82) is 5.26 Å². The second-order valence-corrected chi connectivity index (χ2v) is 4.77. The summed E-state index contributed by atoms with van der Waals surface area (Å²) in [5, 5.41) is 8.99. The fourth-order valence-electron chi connectivity index (χ4n) is 2.60. The van der Waals surface area contributed by atoms with Gasteiger partial charge in [0.25, 0.3) is 0 Å². The number of nitrogens with zero attached hydrogens (tertiary/aromatic N) is 1. The van der Waals surface area contributed by atoms with E-state index in [1.165, 1.54) is 11.1 Å². The van der Waals surface area contributed by atoms with Crippen LogP contribution in [-0.4, -0.2) is 20.3 Å². The summed E-state index contributed by atoms with van der Waals surface area (Å²) in [6.45, 7) is 5.34. The summed E-state index contributed by atoms with van der Waals surface area (Å²) in [4.78, 5) is 0. The Kier molecular flexibility index (Phi) is 3.08. The van der Waals surface area contributed by atoms with Crippen molar-refractivity contribution in [3.63, 3.8) is 0 Å². The molecule has 1 aliphatic rings. The van der Waals surface area contributed by atoms with Gasteiger partial charge in [0, 0.05) is 12.0 Å². The van der Waals surface area contributed by atoms with E-state index in [1.54, 1.807) is 7.11 Å². The molecule has 0 N–H and O–H groups in total. The van der Waals surface area contributed by atoms with Gasteiger partial charge in [-0.2, -0.15) is 5.26 Å². The van der Waals surface area contributed by atoms with Crippen LogP contribution in [0.3, 0.4) is 0 Å². The first-order chi connectivity index (χ1) is 8.13. The highest BCUT2D eigenvalue weighted by molar-refractivity contribution is 5.49. The second kappa shape index (κ2) is 4.38. The van der Waals surface area contributed by atoms with E-state index in [-0.39, 0.29) is 5.41 Å². The van der Waals surface area contributed by atoms with E-state index in [2.05, 4.69) is 19.1 Å². The van der Waals surface area contributed by atoms with Crippen molar-refractivity contribution in [2.24, 2.45) is 0 Å². The number of methoxy groups -OCH3 is 1. The summed E-state index contributed by atoms with van der Waals surface area (Å²) >= 11 is 0. The first kappa shape index (κ1) is 11.9. The van der Waals surface area contributed by atoms with Crippen LogP contribution in [0.15, 0.2) is 12.1 Å². The summed E-state index contributed by atoms with van der Waals surface area (Å²) in [6.07, 6.45) is 0.479. The predicted octanol–water partition coefficient (Wildman–Crippen LogP) is 2.49. The van der Waals surface area contributed by atoms with Crippen LogP contribution >= 0.6 is 0 Å². The molecule has 1 saturated heterocycles. The van der Waals surface area contributed by atoms with Crippen LogP contribution in [0.5, 0.6) is 5.75 Å². The molecule has 1 aliphatic heterocycles. The first-order valence-corrected chi connectivity index (χ1v) is 5.73. The van der Waals surface area contributed by atoms with Gasteiger partial charge in [-0.3, -0.25) is 0 Å². The largest absolute Gasteiger partial charge is 0.496 e. The van der Waals surface area contributed by atoms with Crippen molar-refractivity contribution in [3.8, 4) is 11.8 Å². The molecule has 0 atom stereocenters. The third-order valence-corrected chi connectivity index (χ3v) is 3.37. The normalized spacial score (nSPS) is 17.1. The molecule has 90 valence electrons. The summed E-state index contributed by atoms with van der Waals surface area (Å²) in [5.41, 5.74) is 3.33. The second-order valence-electron chi connectivity index (χ2n) is 4.77. The van der Waals surface area contributed by atoms with Crippen molar-refractivity contribution in [1.82, 2.24) is 0 Å². The third kappa shape index (κ3) is 1.89. The van der Waals surface area contributed by atoms with E-state index in [1.807, 2.05) is 13.0 Å². The Morgan fingerprint density at radius 3 is 2.59 bits per heavy atom. The molecule has 0 spiro atoms. The van der Waals surface area contributed by atoms with Crippen LogP contribution in [-0.2, 0) is 10.2 Å². The molecular weight excluding hydrogens is 214 g/mol. The van der Waals surface area contributed by atoms with Crippen LogP contribution in [0.2, 0.25) is 0 Å². The van der Waals surface area contributed by atoms with Gasteiger partial charge in [0.2, 0.25) is 0 Å². The Hall–Kier alpha value is -1.53. The van der Waals surface area contributed by atoms with Gasteiger partial charge in [-0.25, -0.2) is 0 Å². The maximum Gasteiger partial charge on any atom is 0.123 e. The lowest BCUT2D eigenvalue weighted by molar-refractivity contribution is -0.0589. The minimum atomic E-state index is -0.169. The number of hydrogen-bond donors (Lipinski definition) is 0. The average molecular weight is 231 g/mol. The monoisotopic (exact) mass is 231 g/mol. The zero-order chi connectivity index (χ0) is 12.5. The smallest absolute Gasteiger partial charge is 0.123 e. The Balaban J connectivity index is 2.54. The highest BCUT2D eigenvalue weighted by Crippen LogP contribution is 2.42. The minimum absolute atomic E-state index is 0.169. The molecule has 0 bridgehead atoms. The maximum absolute atomic E-state index is 8.99. The van der Waals surface area contributed by atoms with E-state index in [9.17, 15) is 0 Å². The number of hydrogen-bond acceptors (Lipinski definition) is 3. The molecular formula is C14H17NO2. The highest BCUT2D eigenvalue weighted by Gasteiger charge is 2.43. The Morgan fingerprint density at radius 2 is 2.12 bits per heavy atom. The average Bonchev–Trinajstić information content (AvgIpc) is 2.23. The van der Waals surface area contributed by atoms with E-state index in [0.717, 1.165) is 11.3 Å². The minimum Gasteiger partial charge on any atom is -0.496 e. The number of benzene rings is 1. The molecule has 1 aromatic rings. The number of nitriles is 1. The molecule has 0 saturated carbocycles.